The van der Waals surface area contributed by atoms with Gasteiger partial charge in [-0.25, -0.2) is 4.79 Å². The van der Waals surface area contributed by atoms with Gasteiger partial charge in [0.05, 0.1) is 84.8 Å². The van der Waals surface area contributed by atoms with E-state index in [1.807, 2.05) is 303 Å². The van der Waals surface area contributed by atoms with Gasteiger partial charge in [-0.15, -0.1) is 0 Å². The van der Waals surface area contributed by atoms with E-state index in [1.165, 1.54) is 6.92 Å². The third-order valence-electron chi connectivity index (χ3n) is 22.2. The Labute approximate surface area is 735 Å². The van der Waals surface area contributed by atoms with Crippen LogP contribution in [0.4, 0.5) is 0 Å². The zero-order valence-corrected chi connectivity index (χ0v) is 70.2. The van der Waals surface area contributed by atoms with Gasteiger partial charge in [0.25, 0.3) is 0 Å². The number of ether oxygens (including phenoxy) is 19. The van der Waals surface area contributed by atoms with Crippen molar-refractivity contribution in [2.75, 3.05) is 26.4 Å². The molecule has 0 unspecified atom stereocenters. The molecule has 0 aromatic heterocycles. The van der Waals surface area contributed by atoms with Crippen molar-refractivity contribution in [3.8, 4) is 0 Å². The third kappa shape index (κ3) is 25.9. The highest BCUT2D eigenvalue weighted by Crippen LogP contribution is 2.41. The third-order valence-corrected chi connectivity index (χ3v) is 22.2. The number of esters is 2. The Morgan fingerprint density at radius 1 is 0.246 bits per heavy atom. The molecule has 4 fully saturated rings. The molecule has 0 radical (unpaired) electrons. The molecule has 0 aliphatic carbocycles. The zero-order chi connectivity index (χ0) is 86.3. The smallest absolute Gasteiger partial charge is 0.338 e. The maximum atomic E-state index is 14.0. The van der Waals surface area contributed by atoms with Crippen LogP contribution in [0.3, 0.4) is 0 Å². The van der Waals surface area contributed by atoms with Gasteiger partial charge in [0.1, 0.15) is 111 Å². The second-order valence-corrected chi connectivity index (χ2v) is 31.3. The SMILES string of the molecule is CC(=O)OC[C@H]1O[C@@H](O[C@@H]2[C@H](OCc3ccccc3)[C@@H](OCc3ccccc3)[C@H](O[C@@H]3[C@H](OCc4ccccc4)[C@@H](OCc4ccccc4)[C@H](O)O[C@@H]3COCc3ccccc3)O[C@@H]2COCc2ccccc2)[C@H](OCc2ccccc2)[C@@H](OCc2ccccc2)[C@H]1O[C@@H]1O[C@H](COC(=O)c2ccccc2)[C@@H](O)[C@H](OCc2ccccc2)[C@H]1OCc1ccccc1. The predicted molar refractivity (Wildman–Crippen MR) is 463 cm³/mol. The molecule has 126 heavy (non-hydrogen) atoms. The molecule has 658 valence electrons. The molecule has 0 bridgehead atoms. The summed E-state index contributed by atoms with van der Waals surface area (Å²) in [5, 5.41) is 25.4. The molecule has 4 aliphatic rings. The maximum Gasteiger partial charge on any atom is 0.338 e. The van der Waals surface area contributed by atoms with Gasteiger partial charge in [0.2, 0.25) is 0 Å². The molecule has 15 rings (SSSR count). The van der Waals surface area contributed by atoms with E-state index in [9.17, 15) is 19.8 Å². The monoisotopic (exact) mass is 1710 g/mol. The van der Waals surface area contributed by atoms with Gasteiger partial charge < -0.3 is 100 Å². The van der Waals surface area contributed by atoms with Crippen LogP contribution in [0.1, 0.15) is 72.9 Å². The Morgan fingerprint density at radius 2 is 0.476 bits per heavy atom. The minimum atomic E-state index is -1.57. The number of hydrogen-bond donors (Lipinski definition) is 2. The number of benzene rings is 11. The van der Waals surface area contributed by atoms with Crippen LogP contribution in [-0.4, -0.2) is 171 Å². The van der Waals surface area contributed by atoms with Gasteiger partial charge in [-0.1, -0.05) is 322 Å². The van der Waals surface area contributed by atoms with E-state index in [4.69, 9.17) is 90.0 Å². The minimum Gasteiger partial charge on any atom is -0.463 e. The molecule has 11 aromatic rings. The summed E-state index contributed by atoms with van der Waals surface area (Å²) in [6.07, 6.45) is -26.6. The van der Waals surface area contributed by atoms with Gasteiger partial charge in [-0.05, 0) is 67.8 Å². The van der Waals surface area contributed by atoms with Crippen molar-refractivity contribution in [2.24, 2.45) is 0 Å². The molecule has 20 atom stereocenters. The van der Waals surface area contributed by atoms with Crippen molar-refractivity contribution in [2.45, 2.75) is 196 Å². The molecule has 4 saturated heterocycles. The Bertz CT molecular complexity index is 4920. The van der Waals surface area contributed by atoms with E-state index < -0.39 is 148 Å². The number of carbonyl (C=O) groups is 2. The number of carbonyl (C=O) groups excluding carboxylic acids is 2. The Kier molecular flexibility index (Phi) is 34.0. The van der Waals surface area contributed by atoms with Crippen molar-refractivity contribution in [3.05, 3.63) is 395 Å². The summed E-state index contributed by atoms with van der Waals surface area (Å²) in [5.41, 5.74) is 8.35. The second-order valence-electron chi connectivity index (χ2n) is 31.3. The summed E-state index contributed by atoms with van der Waals surface area (Å²) < 4.78 is 135. The quantitative estimate of drug-likeness (QED) is 0.0337. The van der Waals surface area contributed by atoms with Crippen LogP contribution < -0.4 is 0 Å². The Hall–Kier alpha value is -10.4. The molecule has 23 heteroatoms. The summed E-state index contributed by atoms with van der Waals surface area (Å²) >= 11 is 0. The highest BCUT2D eigenvalue weighted by atomic mass is 16.8. The molecule has 4 heterocycles. The van der Waals surface area contributed by atoms with Crippen LogP contribution in [0.15, 0.2) is 334 Å². The van der Waals surface area contributed by atoms with E-state index in [-0.39, 0.29) is 84.8 Å². The lowest BCUT2D eigenvalue weighted by Gasteiger charge is -2.52. The first-order valence-corrected chi connectivity index (χ1v) is 42.8. The van der Waals surface area contributed by atoms with Crippen molar-refractivity contribution >= 4 is 11.9 Å². The molecule has 0 amide bonds. The lowest BCUT2D eigenvalue weighted by atomic mass is 9.94. The van der Waals surface area contributed by atoms with Gasteiger partial charge in [-0.3, -0.25) is 4.79 Å². The summed E-state index contributed by atoms with van der Waals surface area (Å²) in [6.45, 7) is 0.249. The molecular weight excluding hydrogens is 1610 g/mol. The minimum absolute atomic E-state index is 0.00177. The molecule has 0 spiro atoms. The van der Waals surface area contributed by atoms with Gasteiger partial charge in [0, 0.05) is 6.92 Å². The fourth-order valence-corrected chi connectivity index (χ4v) is 15.7. The number of aliphatic hydroxyl groups excluding tert-OH is 2. The number of rotatable bonds is 43. The van der Waals surface area contributed by atoms with E-state index in [0.29, 0.717) is 0 Å². The summed E-state index contributed by atoms with van der Waals surface area (Å²) in [6, 6.07) is 105. The van der Waals surface area contributed by atoms with Gasteiger partial charge in [0.15, 0.2) is 25.2 Å². The van der Waals surface area contributed by atoms with Crippen molar-refractivity contribution in [1.82, 2.24) is 0 Å². The van der Waals surface area contributed by atoms with Crippen LogP contribution in [-0.2, 0) is 161 Å². The largest absolute Gasteiger partial charge is 0.463 e. The Morgan fingerprint density at radius 3 is 0.786 bits per heavy atom. The molecule has 11 aromatic carbocycles. The highest BCUT2D eigenvalue weighted by Gasteiger charge is 2.59. The molecule has 0 saturated carbocycles. The van der Waals surface area contributed by atoms with E-state index in [2.05, 4.69) is 0 Å². The topological polar surface area (TPSA) is 250 Å². The first-order valence-electron chi connectivity index (χ1n) is 42.8. The van der Waals surface area contributed by atoms with Crippen molar-refractivity contribution < 1.29 is 110 Å². The standard InChI is InChI=1S/C103H108O23/c1-71(104)110-70-86-90(126-101-96(116-64-79-49-27-9-28-50-79)91(111-59-74-39-17-4-18-40-74)87(105)83(121-101)69-119-99(106)82-55-33-12-34-56-82)94(114-62-77-45-23-7-24-46-77)98(118-66-81-53-31-11-32-54-81)103(123-86)125-89-85(68-109-58-73-37-15-3-16-38-73)122-102(97(117-65-80-51-29-10-30-52-80)93(89)113-61-76-43-21-6-22-44-76)124-88-84(67-108-57-72-35-13-2-14-36-72)120-100(107)95(115-63-78-47-25-8-26-48-78)92(88)112-60-75-41-19-5-20-42-75/h2-56,83-98,100-103,105,107H,57-70H2,1H3/t83-,84-,85-,86-,87-,88+,89+,90+,91+,92+,93+,94+,95-,96-,97-,98-,100-,101+,102+,103+/m1/s1. The summed E-state index contributed by atoms with van der Waals surface area (Å²) in [5.74, 6) is -1.33. The van der Waals surface area contributed by atoms with Crippen LogP contribution >= 0.6 is 0 Å². The fraction of sp³-hybridized carbons (Fsp3) is 0.340. The number of aliphatic hydroxyl groups is 2. The first-order chi connectivity index (χ1) is 62.0. The fourth-order valence-electron chi connectivity index (χ4n) is 15.7. The second kappa shape index (κ2) is 47.4. The van der Waals surface area contributed by atoms with Crippen molar-refractivity contribution in [1.29, 1.82) is 0 Å². The van der Waals surface area contributed by atoms with Crippen LogP contribution in [0.25, 0.3) is 0 Å². The number of hydrogen-bond acceptors (Lipinski definition) is 23. The van der Waals surface area contributed by atoms with Crippen LogP contribution in [0.2, 0.25) is 0 Å². The Balaban J connectivity index is 0.860. The van der Waals surface area contributed by atoms with Crippen molar-refractivity contribution in [3.63, 3.8) is 0 Å². The summed E-state index contributed by atoms with van der Waals surface area (Å²) in [4.78, 5) is 27.7. The summed E-state index contributed by atoms with van der Waals surface area (Å²) in [7, 11) is 0. The van der Waals surface area contributed by atoms with Crippen LogP contribution in [0.5, 0.6) is 0 Å². The lowest BCUT2D eigenvalue weighted by molar-refractivity contribution is -0.401. The normalized spacial score (nSPS) is 26.1. The molecule has 4 aliphatic heterocycles. The van der Waals surface area contributed by atoms with Gasteiger partial charge >= 0.3 is 11.9 Å². The highest BCUT2D eigenvalue weighted by molar-refractivity contribution is 5.89. The van der Waals surface area contributed by atoms with E-state index in [1.54, 1.807) is 30.3 Å². The van der Waals surface area contributed by atoms with E-state index in [0.717, 1.165) is 55.6 Å². The zero-order valence-electron chi connectivity index (χ0n) is 70.2. The average Bonchev–Trinajstić information content (AvgIpc) is 0.757. The molecule has 2 N–H and O–H groups in total. The average molecular weight is 1710 g/mol. The van der Waals surface area contributed by atoms with Crippen LogP contribution in [0, 0.1) is 0 Å². The first kappa shape index (κ1) is 90.4. The van der Waals surface area contributed by atoms with Gasteiger partial charge in [-0.2, -0.15) is 0 Å². The van der Waals surface area contributed by atoms with E-state index >= 15 is 0 Å². The molecule has 23 nitrogen and oxygen atoms in total. The lowest BCUT2D eigenvalue weighted by Crippen LogP contribution is -2.69. The maximum absolute atomic E-state index is 14.0. The molecular formula is C103H108O23. The predicted octanol–water partition coefficient (Wildman–Crippen LogP) is 14.9.